The molecule has 2 aromatic rings. The Balaban J connectivity index is 1.61. The fraction of sp³-hybridized carbons (Fsp3) is 0.111. The van der Waals surface area contributed by atoms with Gasteiger partial charge < -0.3 is 9.47 Å². The average Bonchev–Trinajstić information content (AvgIpc) is 3.06. The van der Waals surface area contributed by atoms with Gasteiger partial charge in [-0.3, -0.25) is 4.79 Å². The molecule has 0 aliphatic carbocycles. The second-order valence-corrected chi connectivity index (χ2v) is 6.39. The van der Waals surface area contributed by atoms with Crippen molar-refractivity contribution in [3.63, 3.8) is 0 Å². The van der Waals surface area contributed by atoms with Crippen molar-refractivity contribution in [1.82, 2.24) is 5.43 Å². The van der Waals surface area contributed by atoms with Crippen LogP contribution in [-0.2, 0) is 0 Å². The molecule has 0 bridgehead atoms. The molecule has 0 fully saturated rings. The molecule has 1 aliphatic rings. The van der Waals surface area contributed by atoms with E-state index < -0.39 is 0 Å². The summed E-state index contributed by atoms with van der Waals surface area (Å²) in [6.07, 6.45) is 3.73. The molecule has 0 spiro atoms. The Morgan fingerprint density at radius 1 is 1.17 bits per heavy atom. The Kier molecular flexibility index (Phi) is 5.14. The second kappa shape index (κ2) is 7.48. The summed E-state index contributed by atoms with van der Waals surface area (Å²) < 4.78 is 11.7. The SMILES string of the molecule is CC(/C=C/c1ccc2c(c1)OCO2)=N\NC(=O)c1ccc(I)cc1. The van der Waals surface area contributed by atoms with Crippen molar-refractivity contribution in [3.05, 3.63) is 63.2 Å². The molecule has 1 aliphatic heterocycles. The van der Waals surface area contributed by atoms with E-state index in [-0.39, 0.29) is 12.7 Å². The van der Waals surface area contributed by atoms with Gasteiger partial charge in [0.15, 0.2) is 11.5 Å². The Morgan fingerprint density at radius 2 is 1.92 bits per heavy atom. The molecule has 0 radical (unpaired) electrons. The Morgan fingerprint density at radius 3 is 2.71 bits per heavy atom. The van der Waals surface area contributed by atoms with Crippen LogP contribution in [-0.4, -0.2) is 18.4 Å². The third kappa shape index (κ3) is 4.14. The minimum Gasteiger partial charge on any atom is -0.454 e. The largest absolute Gasteiger partial charge is 0.454 e. The summed E-state index contributed by atoms with van der Waals surface area (Å²) in [4.78, 5) is 12.0. The van der Waals surface area contributed by atoms with E-state index in [2.05, 4.69) is 33.1 Å². The monoisotopic (exact) mass is 434 g/mol. The Hall–Kier alpha value is -2.35. The van der Waals surface area contributed by atoms with Gasteiger partial charge >= 0.3 is 0 Å². The van der Waals surface area contributed by atoms with Crippen molar-refractivity contribution in [1.29, 1.82) is 0 Å². The predicted octanol–water partition coefficient (Wildman–Crippen LogP) is 3.84. The van der Waals surface area contributed by atoms with E-state index in [0.717, 1.165) is 20.6 Å². The van der Waals surface area contributed by atoms with Gasteiger partial charge in [0.25, 0.3) is 5.91 Å². The minimum atomic E-state index is -0.234. The van der Waals surface area contributed by atoms with Gasteiger partial charge in [-0.15, -0.1) is 0 Å². The molecule has 0 saturated carbocycles. The molecule has 1 N–H and O–H groups in total. The number of hydrazone groups is 1. The number of benzene rings is 2. The molecule has 3 rings (SSSR count). The average molecular weight is 434 g/mol. The number of carbonyl (C=O) groups is 1. The van der Waals surface area contributed by atoms with Crippen LogP contribution in [0, 0.1) is 3.57 Å². The van der Waals surface area contributed by atoms with E-state index in [1.54, 1.807) is 12.1 Å². The molecule has 0 unspecified atom stereocenters. The first-order valence-electron chi connectivity index (χ1n) is 7.30. The number of nitrogens with one attached hydrogen (secondary N) is 1. The normalized spacial score (nSPS) is 13.3. The van der Waals surface area contributed by atoms with Crippen molar-refractivity contribution in [2.24, 2.45) is 5.10 Å². The molecule has 122 valence electrons. The van der Waals surface area contributed by atoms with Crippen LogP contribution in [0.4, 0.5) is 0 Å². The molecule has 0 aromatic heterocycles. The zero-order chi connectivity index (χ0) is 16.9. The fourth-order valence-corrected chi connectivity index (χ4v) is 2.44. The zero-order valence-corrected chi connectivity index (χ0v) is 15.1. The first kappa shape index (κ1) is 16.5. The van der Waals surface area contributed by atoms with Crippen LogP contribution in [0.25, 0.3) is 6.08 Å². The van der Waals surface area contributed by atoms with Crippen LogP contribution < -0.4 is 14.9 Å². The van der Waals surface area contributed by atoms with Crippen molar-refractivity contribution in [3.8, 4) is 11.5 Å². The molecule has 1 heterocycles. The van der Waals surface area contributed by atoms with Crippen LogP contribution >= 0.6 is 22.6 Å². The zero-order valence-electron chi connectivity index (χ0n) is 13.0. The Bertz CT molecular complexity index is 814. The molecule has 24 heavy (non-hydrogen) atoms. The first-order valence-corrected chi connectivity index (χ1v) is 8.37. The summed E-state index contributed by atoms with van der Waals surface area (Å²) in [5.74, 6) is 1.25. The number of halogens is 1. The van der Waals surface area contributed by atoms with Gasteiger partial charge in [0.1, 0.15) is 0 Å². The van der Waals surface area contributed by atoms with Crippen LogP contribution in [0.3, 0.4) is 0 Å². The van der Waals surface area contributed by atoms with E-state index in [9.17, 15) is 4.79 Å². The van der Waals surface area contributed by atoms with Crippen molar-refractivity contribution in [2.75, 3.05) is 6.79 Å². The van der Waals surface area contributed by atoms with Crippen LogP contribution in [0.15, 0.2) is 53.6 Å². The van der Waals surface area contributed by atoms with Gasteiger partial charge in [0.2, 0.25) is 6.79 Å². The third-order valence-corrected chi connectivity index (χ3v) is 4.07. The fourth-order valence-electron chi connectivity index (χ4n) is 2.08. The number of hydrogen-bond acceptors (Lipinski definition) is 4. The lowest BCUT2D eigenvalue weighted by Gasteiger charge is -2.01. The maximum Gasteiger partial charge on any atom is 0.271 e. The number of allylic oxidation sites excluding steroid dienone is 1. The number of rotatable bonds is 4. The van der Waals surface area contributed by atoms with E-state index in [1.165, 1.54) is 0 Å². The second-order valence-electron chi connectivity index (χ2n) is 5.15. The Labute approximate surface area is 153 Å². The van der Waals surface area contributed by atoms with Gasteiger partial charge in [-0.2, -0.15) is 5.10 Å². The summed E-state index contributed by atoms with van der Waals surface area (Å²) >= 11 is 2.19. The highest BCUT2D eigenvalue weighted by Crippen LogP contribution is 2.32. The quantitative estimate of drug-likeness (QED) is 0.452. The van der Waals surface area contributed by atoms with Gasteiger partial charge in [0, 0.05) is 9.13 Å². The van der Waals surface area contributed by atoms with Crippen molar-refractivity contribution in [2.45, 2.75) is 6.92 Å². The van der Waals surface area contributed by atoms with E-state index in [4.69, 9.17) is 9.47 Å². The number of ether oxygens (including phenoxy) is 2. The van der Waals surface area contributed by atoms with Crippen LogP contribution in [0.1, 0.15) is 22.8 Å². The third-order valence-electron chi connectivity index (χ3n) is 3.35. The number of amides is 1. The highest BCUT2D eigenvalue weighted by molar-refractivity contribution is 14.1. The number of fused-ring (bicyclic) bond motifs is 1. The lowest BCUT2D eigenvalue weighted by Crippen LogP contribution is -2.18. The van der Waals surface area contributed by atoms with Crippen LogP contribution in [0.5, 0.6) is 11.5 Å². The summed E-state index contributed by atoms with van der Waals surface area (Å²) in [6, 6.07) is 13.0. The molecule has 5 nitrogen and oxygen atoms in total. The molecule has 2 aromatic carbocycles. The van der Waals surface area contributed by atoms with Crippen LogP contribution in [0.2, 0.25) is 0 Å². The number of nitrogens with zero attached hydrogens (tertiary/aromatic N) is 1. The highest BCUT2D eigenvalue weighted by Gasteiger charge is 2.12. The molecular formula is C18H15IN2O3. The molecule has 6 heteroatoms. The minimum absolute atomic E-state index is 0.234. The smallest absolute Gasteiger partial charge is 0.271 e. The molecule has 0 atom stereocenters. The lowest BCUT2D eigenvalue weighted by atomic mass is 10.2. The summed E-state index contributed by atoms with van der Waals surface area (Å²) in [7, 11) is 0. The summed E-state index contributed by atoms with van der Waals surface area (Å²) in [6.45, 7) is 2.07. The van der Waals surface area contributed by atoms with E-state index >= 15 is 0 Å². The van der Waals surface area contributed by atoms with Gasteiger partial charge in [-0.05, 0) is 77.6 Å². The number of carbonyl (C=O) groups excluding carboxylic acids is 1. The van der Waals surface area contributed by atoms with Gasteiger partial charge in [-0.25, -0.2) is 5.43 Å². The van der Waals surface area contributed by atoms with Crippen molar-refractivity contribution < 1.29 is 14.3 Å². The topological polar surface area (TPSA) is 59.9 Å². The molecule has 0 saturated heterocycles. The maximum atomic E-state index is 12.0. The van der Waals surface area contributed by atoms with E-state index in [0.29, 0.717) is 11.3 Å². The van der Waals surface area contributed by atoms with E-state index in [1.807, 2.05) is 49.4 Å². The molecule has 1 amide bonds. The maximum absolute atomic E-state index is 12.0. The van der Waals surface area contributed by atoms with Crippen molar-refractivity contribution >= 4 is 40.3 Å². The lowest BCUT2D eigenvalue weighted by molar-refractivity contribution is 0.0955. The predicted molar refractivity (Wildman–Crippen MR) is 101 cm³/mol. The first-order chi connectivity index (χ1) is 11.6. The standard InChI is InChI=1S/C18H15IN2O3/c1-12(20-21-18(22)14-5-7-15(19)8-6-14)2-3-13-4-9-16-17(10-13)24-11-23-16/h2-10H,11H2,1H3,(H,21,22)/b3-2+,20-12+. The molecular weight excluding hydrogens is 419 g/mol. The summed E-state index contributed by atoms with van der Waals surface area (Å²) in [5, 5.41) is 4.08. The highest BCUT2D eigenvalue weighted by atomic mass is 127. The number of hydrogen-bond donors (Lipinski definition) is 1. The van der Waals surface area contributed by atoms with Gasteiger partial charge in [0.05, 0.1) is 5.71 Å². The van der Waals surface area contributed by atoms with Gasteiger partial charge in [-0.1, -0.05) is 12.1 Å². The summed E-state index contributed by atoms with van der Waals surface area (Å²) in [5.41, 5.74) is 4.78.